The number of rotatable bonds is 54. The van der Waals surface area contributed by atoms with E-state index in [1.807, 2.05) is 103 Å². The van der Waals surface area contributed by atoms with Crippen molar-refractivity contribution in [2.45, 2.75) is 345 Å². The fraction of sp³-hybridized carbons (Fsp3) is 0.525. The van der Waals surface area contributed by atoms with Crippen molar-refractivity contribution in [3.05, 3.63) is 176 Å². The summed E-state index contributed by atoms with van der Waals surface area (Å²) in [4.78, 5) is 19.7. The molecule has 0 amide bonds. The number of thiophene rings is 8. The summed E-state index contributed by atoms with van der Waals surface area (Å²) in [5.74, 6) is 0. The number of hydrogen-bond donors (Lipinski definition) is 0. The Morgan fingerprint density at radius 3 is 0.901 bits per heavy atom. The molecule has 12 aromatic rings. The Kier molecular flexibility index (Phi) is 55.3. The third-order valence-electron chi connectivity index (χ3n) is 22.2. The van der Waals surface area contributed by atoms with Crippen LogP contribution in [0.3, 0.4) is 0 Å². The Bertz CT molecular complexity index is 4680. The highest BCUT2D eigenvalue weighted by Crippen LogP contribution is 2.45. The molecule has 0 bridgehead atoms. The third-order valence-corrected chi connectivity index (χ3v) is 35.0. The van der Waals surface area contributed by atoms with Crippen molar-refractivity contribution in [3.63, 3.8) is 0 Å². The van der Waals surface area contributed by atoms with Gasteiger partial charge in [0.1, 0.15) is 22.1 Å². The monoisotopic (exact) mass is 2290 g/mol. The van der Waals surface area contributed by atoms with E-state index in [-0.39, 0.29) is 14.9 Å². The van der Waals surface area contributed by atoms with Gasteiger partial charge in [-0.15, -0.1) is 90.7 Å². The minimum Gasteiger partial charge on any atom is -0.173 e. The second-order valence-corrected chi connectivity index (χ2v) is 46.4. The summed E-state index contributed by atoms with van der Waals surface area (Å²) in [7, 11) is 0. The number of halogens is 6. The van der Waals surface area contributed by atoms with E-state index in [4.69, 9.17) is 4.37 Å². The van der Waals surface area contributed by atoms with Crippen LogP contribution in [0.4, 0.5) is 0 Å². The predicted octanol–water partition coefficient (Wildman–Crippen LogP) is 42.7. The summed E-state index contributed by atoms with van der Waals surface area (Å²) in [6, 6.07) is 36.7. The first kappa shape index (κ1) is 107. The maximum Gasteiger partial charge on any atom is 0.120 e. The molecule has 0 aliphatic carbocycles. The van der Waals surface area contributed by atoms with Crippen LogP contribution in [0.5, 0.6) is 0 Å². The lowest BCUT2D eigenvalue weighted by Gasteiger charge is -2.04. The largest absolute Gasteiger partial charge is 0.173 e. The molecular weight excluding hydrogens is 2160 g/mol. The van der Waals surface area contributed by atoms with Crippen LogP contribution < -0.4 is 0 Å². The summed E-state index contributed by atoms with van der Waals surface area (Å²) in [6.45, 7) is 13.6. The van der Waals surface area contributed by atoms with Gasteiger partial charge in [-0.05, 0) is 272 Å². The van der Waals surface area contributed by atoms with Crippen molar-refractivity contribution in [1.29, 1.82) is 0 Å². The lowest BCUT2D eigenvalue weighted by Crippen LogP contribution is -1.89. The molecule has 12 rings (SSSR count). The van der Waals surface area contributed by atoms with E-state index in [2.05, 4.69) is 265 Å². The number of aryl methyl sites for hydroxylation is 6. The van der Waals surface area contributed by atoms with Crippen molar-refractivity contribution in [1.82, 2.24) is 17.5 Å². The lowest BCUT2D eigenvalue weighted by atomic mass is 10.0. The quantitative estimate of drug-likeness (QED) is 0.0282. The van der Waals surface area contributed by atoms with Gasteiger partial charge in [-0.1, -0.05) is 286 Å². The van der Waals surface area contributed by atoms with Crippen molar-refractivity contribution in [2.24, 2.45) is 0 Å². The molecule has 2 aromatic carbocycles. The van der Waals surface area contributed by atoms with Crippen LogP contribution in [0.25, 0.3) is 85.4 Å². The number of unbranched alkanes of at least 4 members (excludes halogenated alkanes) is 36. The van der Waals surface area contributed by atoms with Gasteiger partial charge in [0.2, 0.25) is 0 Å². The molecule has 0 atom stereocenters. The van der Waals surface area contributed by atoms with Crippen molar-refractivity contribution < 1.29 is 0 Å². The van der Waals surface area contributed by atoms with E-state index in [9.17, 15) is 0 Å². The molecule has 0 aliphatic rings. The third kappa shape index (κ3) is 37.7. The van der Waals surface area contributed by atoms with Gasteiger partial charge in [0.25, 0.3) is 0 Å². The Hall–Kier alpha value is -1.46. The molecule has 0 N–H and O–H groups in total. The SMILES string of the molecule is Brc1ccc(Br)c2nsnc12.C.C.CCCCCCCCCCCCc1cc(Br)sc1-c1ccc(/C=C/c2ccc(-c3sc(Br)cc3CCCCCCCCCCCC)s2)s1.CCCCCCCCCCCCc1cc(C)sc1-c1ccc(/C=C/c2ccc(-c3sc(Cc4ccc(C)c5nsnc45)cc3CCCCCCCCCCCC)s2)s1.II. The normalized spacial score (nSPS) is 11.4. The number of nitrogens with zero attached hydrogens (tertiary/aromatic N) is 4. The molecule has 121 heavy (non-hydrogen) atoms. The van der Waals surface area contributed by atoms with Crippen LogP contribution >= 0.6 is 215 Å². The second-order valence-electron chi connectivity index (χ2n) is 32.0. The van der Waals surface area contributed by atoms with Gasteiger partial charge >= 0.3 is 0 Å². The molecule has 0 radical (unpaired) electrons. The summed E-state index contributed by atoms with van der Waals surface area (Å²) in [6.07, 6.45) is 70.4. The molecule has 0 saturated heterocycles. The highest BCUT2D eigenvalue weighted by molar-refractivity contribution is 15.0. The van der Waals surface area contributed by atoms with Crippen molar-refractivity contribution >= 4 is 261 Å². The number of hydrogen-bond acceptors (Lipinski definition) is 14. The number of benzene rings is 2. The summed E-state index contributed by atoms with van der Waals surface area (Å²) < 4.78 is 22.1. The van der Waals surface area contributed by atoms with Crippen LogP contribution in [0.1, 0.15) is 362 Å². The average Bonchev–Trinajstić information content (AvgIpc) is 1.67. The molecular formula is C101H136Br4I2N4S10. The van der Waals surface area contributed by atoms with Crippen LogP contribution in [0, 0.1) is 13.8 Å². The van der Waals surface area contributed by atoms with Gasteiger partial charge in [-0.3, -0.25) is 0 Å². The van der Waals surface area contributed by atoms with Crippen molar-refractivity contribution in [2.75, 3.05) is 0 Å². The number of aromatic nitrogens is 4. The van der Waals surface area contributed by atoms with E-state index in [0.29, 0.717) is 0 Å². The van der Waals surface area contributed by atoms with Crippen molar-refractivity contribution in [3.8, 4) is 39.0 Å². The molecule has 20 heteroatoms. The second kappa shape index (κ2) is 62.8. The molecule has 10 heterocycles. The lowest BCUT2D eigenvalue weighted by molar-refractivity contribution is 0.556. The van der Waals surface area contributed by atoms with Crippen LogP contribution in [-0.2, 0) is 32.1 Å². The van der Waals surface area contributed by atoms with Gasteiger partial charge < -0.3 is 0 Å². The first-order chi connectivity index (χ1) is 58.4. The van der Waals surface area contributed by atoms with E-state index >= 15 is 0 Å². The fourth-order valence-corrected chi connectivity index (χ4v) is 27.7. The van der Waals surface area contributed by atoms with Gasteiger partial charge in [-0.2, -0.15) is 17.5 Å². The first-order valence-corrected chi connectivity index (χ1v) is 62.3. The van der Waals surface area contributed by atoms with Gasteiger partial charge in [0.15, 0.2) is 0 Å². The maximum absolute atomic E-state index is 4.70. The molecule has 10 aromatic heterocycles. The standard InChI is InChI=1S/C51H68N2S5.C42H58Br2S4.C6H2Br2N2S.2CH4.I2/c1-5-7-9-11-13-15-17-19-21-23-25-41-35-39(4)54-50(41)46-33-31-43(55-46)29-30-44-32-34-47(56-44)51-42(26-24-22-20-18-16-14-12-10-8-6-2)37-45(57-51)36-40-28-27-38(3)48-49(40)53-58-52-48;1-3-5-7-9-11-13-15-17-19-21-23-33-31-39(43)47-41(33)37-29-27-35(45-37)25-26-36-28-30-38(46-36)42-34(32-40(44)48-42)24-22-20-18-16-14-12-10-8-6-4-2;7-3-1-2-4(8)6-5(3)9-11-10-6;;;1-2/h27-35,37H,5-26,36H2,1-4H3;25-32H,3-24H2,1-2H3;1-2H;2*1H4;/b30-29+;26-25+;;;;. The average molecular weight is 2300 g/mol. The van der Waals surface area contributed by atoms with E-state index < -0.39 is 0 Å². The van der Waals surface area contributed by atoms with Crippen LogP contribution in [-0.4, -0.2) is 17.5 Å². The summed E-state index contributed by atoms with van der Waals surface area (Å²) >= 11 is 36.7. The minimum atomic E-state index is 0. The summed E-state index contributed by atoms with van der Waals surface area (Å²) in [5.41, 5.74) is 12.6. The first-order valence-electron chi connectivity index (χ1n) is 44.8. The highest BCUT2D eigenvalue weighted by atomic mass is 128. The minimum absolute atomic E-state index is 0. The molecule has 0 spiro atoms. The smallest absolute Gasteiger partial charge is 0.120 e. The molecule has 4 nitrogen and oxygen atoms in total. The maximum atomic E-state index is 4.70. The van der Waals surface area contributed by atoms with Gasteiger partial charge in [-0.25, -0.2) is 0 Å². The Morgan fingerprint density at radius 2 is 0.562 bits per heavy atom. The highest BCUT2D eigenvalue weighted by Gasteiger charge is 2.20. The molecule has 0 unspecified atom stereocenters. The molecule has 0 fully saturated rings. The zero-order valence-electron chi connectivity index (χ0n) is 71.5. The Labute approximate surface area is 829 Å². The summed E-state index contributed by atoms with van der Waals surface area (Å²) in [5, 5.41) is 0. The van der Waals surface area contributed by atoms with Gasteiger partial charge in [0.05, 0.1) is 31.0 Å². The zero-order valence-corrected chi connectivity index (χ0v) is 90.3. The predicted molar refractivity (Wildman–Crippen MR) is 590 cm³/mol. The van der Waals surface area contributed by atoms with E-state index in [1.54, 1.807) is 5.56 Å². The zero-order chi connectivity index (χ0) is 84.0. The molecule has 0 aliphatic heterocycles. The fourth-order valence-electron chi connectivity index (χ4n) is 15.5. The Morgan fingerprint density at radius 1 is 0.281 bits per heavy atom. The van der Waals surface area contributed by atoms with Crippen LogP contribution in [0.15, 0.2) is 114 Å². The molecule has 662 valence electrons. The topological polar surface area (TPSA) is 51.6 Å². The van der Waals surface area contributed by atoms with E-state index in [0.717, 1.165) is 43.9 Å². The van der Waals surface area contributed by atoms with E-state index in [1.165, 1.54) is 403 Å². The molecule has 0 saturated carbocycles. The number of fused-ring (bicyclic) bond motifs is 2. The van der Waals surface area contributed by atoms with Gasteiger partial charge in [0, 0.05) is 121 Å². The Balaban J connectivity index is 0.000000288. The van der Waals surface area contributed by atoms with Crippen LogP contribution in [0.2, 0.25) is 0 Å².